The van der Waals surface area contributed by atoms with Crippen LogP contribution in [0.5, 0.6) is 0 Å². The van der Waals surface area contributed by atoms with Crippen LogP contribution in [0, 0.1) is 5.92 Å². The minimum absolute atomic E-state index is 0.195. The van der Waals surface area contributed by atoms with E-state index in [0.717, 1.165) is 0 Å². The van der Waals surface area contributed by atoms with Crippen LogP contribution >= 0.6 is 0 Å². The Balaban J connectivity index is 1.98. The summed E-state index contributed by atoms with van der Waals surface area (Å²) < 4.78 is 15.1. The second-order valence-corrected chi connectivity index (χ2v) is 8.45. The van der Waals surface area contributed by atoms with Crippen molar-refractivity contribution < 1.29 is 4.55 Å². The fourth-order valence-electron chi connectivity index (χ4n) is 2.39. The average Bonchev–Trinajstić information content (AvgIpc) is 3.20. The number of hydrogen-bond donors (Lipinski definition) is 3. The van der Waals surface area contributed by atoms with E-state index in [0.29, 0.717) is 18.2 Å². The van der Waals surface area contributed by atoms with E-state index in [1.807, 2.05) is 31.9 Å². The molecule has 134 valence electrons. The minimum atomic E-state index is -1.15. The molecule has 1 aliphatic heterocycles. The van der Waals surface area contributed by atoms with E-state index < -0.39 is 17.1 Å². The molecule has 0 bridgehead atoms. The Bertz CT molecular complexity index is 536. The Morgan fingerprint density at radius 1 is 1.54 bits per heavy atom. The topological polar surface area (TPSA) is 88.7 Å². The van der Waals surface area contributed by atoms with Crippen LogP contribution in [0.1, 0.15) is 33.6 Å². The predicted octanol–water partition coefficient (Wildman–Crippen LogP) is 1.58. The lowest BCUT2D eigenvalue weighted by molar-refractivity contribution is 0.124. The second kappa shape index (κ2) is 7.84. The summed E-state index contributed by atoms with van der Waals surface area (Å²) in [5, 5.41) is 1.89. The average molecular weight is 352 g/mol. The normalized spacial score (nSPS) is 23.3. The molecule has 7 heteroatoms. The molecule has 2 atom stereocenters. The summed E-state index contributed by atoms with van der Waals surface area (Å²) in [6.07, 6.45) is 11.4. The lowest BCUT2D eigenvalue weighted by atomic mass is 10.1. The Morgan fingerprint density at radius 3 is 2.83 bits per heavy atom. The van der Waals surface area contributed by atoms with Crippen molar-refractivity contribution in [3.05, 3.63) is 36.6 Å². The number of aliphatic imine (C=N–C) groups is 1. The Hall–Kier alpha value is -1.12. The van der Waals surface area contributed by atoms with Crippen molar-refractivity contribution in [1.82, 2.24) is 15.2 Å². The lowest BCUT2D eigenvalue weighted by Gasteiger charge is -2.32. The van der Waals surface area contributed by atoms with Crippen molar-refractivity contribution in [1.29, 1.82) is 0 Å². The fraction of sp³-hybridized carbons (Fsp3) is 0.588. The molecule has 1 fully saturated rings. The number of nitrogens with one attached hydrogen (secondary N) is 2. The highest BCUT2D eigenvalue weighted by molar-refractivity contribution is 7.89. The zero-order valence-electron chi connectivity index (χ0n) is 14.8. The van der Waals surface area contributed by atoms with Gasteiger partial charge in [-0.25, -0.2) is 0 Å². The molecule has 0 aromatic rings. The van der Waals surface area contributed by atoms with Crippen molar-refractivity contribution in [2.45, 2.75) is 44.9 Å². The molecule has 0 spiro atoms. The number of rotatable bonds is 8. The molecule has 4 N–H and O–H groups in total. The summed E-state index contributed by atoms with van der Waals surface area (Å²) in [5.74, 6) is -0.0285. The molecule has 0 radical (unpaired) electrons. The molecule has 1 saturated carbocycles. The summed E-state index contributed by atoms with van der Waals surface area (Å²) in [6.45, 7) is 10.3. The Kier molecular flexibility index (Phi) is 6.28. The molecular weight excluding hydrogens is 322 g/mol. The molecule has 2 aliphatic rings. The van der Waals surface area contributed by atoms with Gasteiger partial charge in [-0.15, -0.1) is 4.72 Å². The number of allylic oxidation sites excluding steroid dienone is 2. The van der Waals surface area contributed by atoms with E-state index in [-0.39, 0.29) is 5.54 Å². The van der Waals surface area contributed by atoms with E-state index in [1.165, 1.54) is 18.5 Å². The van der Waals surface area contributed by atoms with Crippen LogP contribution in [-0.2, 0) is 11.4 Å². The first-order valence-electron chi connectivity index (χ1n) is 8.27. The fourth-order valence-corrected chi connectivity index (χ4v) is 3.43. The summed E-state index contributed by atoms with van der Waals surface area (Å²) in [6, 6.07) is 0. The smallest absolute Gasteiger partial charge is 0.201 e. The third kappa shape index (κ3) is 5.75. The molecule has 1 aliphatic carbocycles. The minimum Gasteiger partial charge on any atom is -0.598 e. The summed E-state index contributed by atoms with van der Waals surface area (Å²) in [7, 11) is 0. The van der Waals surface area contributed by atoms with Crippen molar-refractivity contribution >= 4 is 17.6 Å². The van der Waals surface area contributed by atoms with Gasteiger partial charge in [0.2, 0.25) is 5.79 Å². The molecule has 0 amide bonds. The molecule has 1 heterocycles. The number of nitrogens with zero attached hydrogens (tertiary/aromatic N) is 2. The van der Waals surface area contributed by atoms with Crippen LogP contribution in [0.4, 0.5) is 0 Å². The highest BCUT2D eigenvalue weighted by Crippen LogP contribution is 2.37. The van der Waals surface area contributed by atoms with E-state index >= 15 is 0 Å². The zero-order valence-corrected chi connectivity index (χ0v) is 15.6. The van der Waals surface area contributed by atoms with Gasteiger partial charge < -0.3 is 9.98 Å². The van der Waals surface area contributed by atoms with E-state index in [1.54, 1.807) is 18.4 Å². The highest BCUT2D eigenvalue weighted by atomic mass is 32.2. The van der Waals surface area contributed by atoms with Gasteiger partial charge in [0, 0.05) is 29.8 Å². The van der Waals surface area contributed by atoms with Crippen molar-refractivity contribution in [3.63, 3.8) is 0 Å². The summed E-state index contributed by atoms with van der Waals surface area (Å²) in [4.78, 5) is 4.40. The van der Waals surface area contributed by atoms with Gasteiger partial charge in [-0.05, 0) is 57.8 Å². The van der Waals surface area contributed by atoms with Gasteiger partial charge in [0.1, 0.15) is 5.75 Å². The van der Waals surface area contributed by atoms with Gasteiger partial charge in [-0.2, -0.15) is 5.01 Å². The van der Waals surface area contributed by atoms with Gasteiger partial charge in [0.05, 0.1) is 5.54 Å². The van der Waals surface area contributed by atoms with E-state index in [2.05, 4.69) is 27.8 Å². The quantitative estimate of drug-likeness (QED) is 0.351. The first-order chi connectivity index (χ1) is 11.2. The predicted molar refractivity (Wildman–Crippen MR) is 101 cm³/mol. The summed E-state index contributed by atoms with van der Waals surface area (Å²) in [5.41, 5.74) is 10.9. The maximum Gasteiger partial charge on any atom is 0.201 e. The first kappa shape index (κ1) is 19.2. The SMILES string of the molecule is C=CC=NC(N)(/C=C/C[S+]([O-])NC(C)(C)C)N1CC=C(C2CC2)N1. The third-order valence-electron chi connectivity index (χ3n) is 3.62. The summed E-state index contributed by atoms with van der Waals surface area (Å²) >= 11 is -1.15. The standard InChI is InChI=1S/C17H29N5OS/c1-5-11-19-17(18,10-6-13-24(23)21-16(2,3)4)22-12-9-15(20-22)14-7-8-14/h5-6,9-11,14,20-21H,1,7-8,12-13,18H2,2-4H3/b10-6+,19-11?. The largest absolute Gasteiger partial charge is 0.598 e. The van der Waals surface area contributed by atoms with Crippen molar-refractivity contribution in [3.8, 4) is 0 Å². The van der Waals surface area contributed by atoms with Gasteiger partial charge in [-0.3, -0.25) is 10.7 Å². The van der Waals surface area contributed by atoms with Crippen LogP contribution in [0.3, 0.4) is 0 Å². The molecule has 6 nitrogen and oxygen atoms in total. The monoisotopic (exact) mass is 351 g/mol. The second-order valence-electron chi connectivity index (χ2n) is 7.22. The number of nitrogens with two attached hydrogens (primary N) is 1. The Labute approximate surface area is 148 Å². The van der Waals surface area contributed by atoms with Gasteiger partial charge in [0.15, 0.2) is 0 Å². The third-order valence-corrected chi connectivity index (χ3v) is 4.96. The first-order valence-corrected chi connectivity index (χ1v) is 9.59. The molecular formula is C17H29N5OS. The lowest BCUT2D eigenvalue weighted by Crippen LogP contribution is -2.57. The van der Waals surface area contributed by atoms with Gasteiger partial charge in [-0.1, -0.05) is 12.7 Å². The van der Waals surface area contributed by atoms with Crippen LogP contribution < -0.4 is 15.9 Å². The molecule has 0 aromatic carbocycles. The molecule has 0 aromatic heterocycles. The van der Waals surface area contributed by atoms with Crippen molar-refractivity contribution in [2.24, 2.45) is 16.6 Å². The van der Waals surface area contributed by atoms with Crippen LogP contribution in [0.15, 0.2) is 41.6 Å². The van der Waals surface area contributed by atoms with E-state index in [4.69, 9.17) is 5.73 Å². The zero-order chi connectivity index (χ0) is 17.8. The molecule has 2 rings (SSSR count). The van der Waals surface area contributed by atoms with Gasteiger partial charge in [0.25, 0.3) is 0 Å². The van der Waals surface area contributed by atoms with Crippen LogP contribution in [0.25, 0.3) is 0 Å². The molecule has 2 unspecified atom stereocenters. The molecule has 0 saturated heterocycles. The van der Waals surface area contributed by atoms with Gasteiger partial charge >= 0.3 is 0 Å². The Morgan fingerprint density at radius 2 is 2.25 bits per heavy atom. The van der Waals surface area contributed by atoms with Crippen LogP contribution in [0.2, 0.25) is 0 Å². The highest BCUT2D eigenvalue weighted by Gasteiger charge is 2.36. The maximum atomic E-state index is 12.0. The number of hydrazine groups is 1. The van der Waals surface area contributed by atoms with Crippen molar-refractivity contribution in [2.75, 3.05) is 12.3 Å². The maximum absolute atomic E-state index is 12.0. The number of hydrogen-bond acceptors (Lipinski definition) is 6. The molecule has 24 heavy (non-hydrogen) atoms. The van der Waals surface area contributed by atoms with Crippen LogP contribution in [-0.4, -0.2) is 39.4 Å². The van der Waals surface area contributed by atoms with E-state index in [9.17, 15) is 4.55 Å².